The highest BCUT2D eigenvalue weighted by Gasteiger charge is 2.13. The third kappa shape index (κ3) is 4.30. The number of hydrogen-bond acceptors (Lipinski definition) is 4. The fourth-order valence-corrected chi connectivity index (χ4v) is 2.48. The highest BCUT2D eigenvalue weighted by Crippen LogP contribution is 2.24. The number of pyridine rings is 1. The van der Waals surface area contributed by atoms with Gasteiger partial charge >= 0.3 is 0 Å². The molecule has 1 heterocycles. The topological polar surface area (TPSA) is 60.2 Å². The molecule has 1 aromatic heterocycles. The molecule has 1 fully saturated rings. The number of rotatable bonds is 5. The molecular formula is C15H25N3O. The third-order valence-corrected chi connectivity index (χ3v) is 3.54. The van der Waals surface area contributed by atoms with Gasteiger partial charge in [-0.05, 0) is 31.4 Å². The number of nitrogens with one attached hydrogen (secondary N) is 1. The number of ether oxygens (including phenoxy) is 1. The second-order valence-corrected chi connectivity index (χ2v) is 5.27. The van der Waals surface area contributed by atoms with Gasteiger partial charge in [-0.2, -0.15) is 4.98 Å². The van der Waals surface area contributed by atoms with Crippen molar-refractivity contribution in [3.8, 4) is 5.88 Å². The lowest BCUT2D eigenvalue weighted by Gasteiger charge is -2.17. The summed E-state index contributed by atoms with van der Waals surface area (Å²) in [4.78, 5) is 4.48. The SMILES string of the molecule is CCCOc1nc(NC2CCCCCC2)ccc1N. The van der Waals surface area contributed by atoms with Crippen molar-refractivity contribution in [3.63, 3.8) is 0 Å². The van der Waals surface area contributed by atoms with Gasteiger partial charge in [0.15, 0.2) is 0 Å². The van der Waals surface area contributed by atoms with Crippen LogP contribution >= 0.6 is 0 Å². The molecule has 106 valence electrons. The van der Waals surface area contributed by atoms with Gasteiger partial charge in [0.25, 0.3) is 0 Å². The van der Waals surface area contributed by atoms with Crippen molar-refractivity contribution < 1.29 is 4.74 Å². The van der Waals surface area contributed by atoms with Gasteiger partial charge < -0.3 is 15.8 Å². The van der Waals surface area contributed by atoms with Crippen LogP contribution < -0.4 is 15.8 Å². The number of nitrogen functional groups attached to an aromatic ring is 1. The molecule has 4 nitrogen and oxygen atoms in total. The maximum atomic E-state index is 5.87. The van der Waals surface area contributed by atoms with Gasteiger partial charge in [-0.1, -0.05) is 32.6 Å². The van der Waals surface area contributed by atoms with Gasteiger partial charge in [-0.15, -0.1) is 0 Å². The minimum atomic E-state index is 0.539. The van der Waals surface area contributed by atoms with E-state index in [9.17, 15) is 0 Å². The maximum absolute atomic E-state index is 5.87. The van der Waals surface area contributed by atoms with Crippen LogP contribution in [0.5, 0.6) is 5.88 Å². The highest BCUT2D eigenvalue weighted by molar-refractivity contribution is 5.53. The first-order valence-electron chi connectivity index (χ1n) is 7.45. The molecule has 0 saturated heterocycles. The number of hydrogen-bond donors (Lipinski definition) is 2. The van der Waals surface area contributed by atoms with Crippen LogP contribution in [0.25, 0.3) is 0 Å². The van der Waals surface area contributed by atoms with Crippen molar-refractivity contribution in [1.29, 1.82) is 0 Å². The van der Waals surface area contributed by atoms with Crippen molar-refractivity contribution in [2.75, 3.05) is 17.7 Å². The van der Waals surface area contributed by atoms with E-state index in [4.69, 9.17) is 10.5 Å². The summed E-state index contributed by atoms with van der Waals surface area (Å²) >= 11 is 0. The quantitative estimate of drug-likeness (QED) is 0.797. The second kappa shape index (κ2) is 7.22. The van der Waals surface area contributed by atoms with Gasteiger partial charge in [0.1, 0.15) is 5.82 Å². The molecule has 1 saturated carbocycles. The lowest BCUT2D eigenvalue weighted by Crippen LogP contribution is -2.19. The van der Waals surface area contributed by atoms with Crippen LogP contribution in [0, 0.1) is 0 Å². The Balaban J connectivity index is 1.98. The monoisotopic (exact) mass is 263 g/mol. The van der Waals surface area contributed by atoms with Crippen molar-refractivity contribution in [1.82, 2.24) is 4.98 Å². The fourth-order valence-electron chi connectivity index (χ4n) is 2.48. The van der Waals surface area contributed by atoms with E-state index in [1.54, 1.807) is 0 Å². The minimum absolute atomic E-state index is 0.539. The molecule has 0 radical (unpaired) electrons. The molecule has 0 bridgehead atoms. The second-order valence-electron chi connectivity index (χ2n) is 5.27. The van der Waals surface area contributed by atoms with Crippen LogP contribution in [0.4, 0.5) is 11.5 Å². The number of nitrogens with zero attached hydrogens (tertiary/aromatic N) is 1. The zero-order valence-corrected chi connectivity index (χ0v) is 11.8. The summed E-state index contributed by atoms with van der Waals surface area (Å²) < 4.78 is 5.56. The Morgan fingerprint density at radius 3 is 2.68 bits per heavy atom. The maximum Gasteiger partial charge on any atom is 0.239 e. The van der Waals surface area contributed by atoms with Gasteiger partial charge in [-0.25, -0.2) is 0 Å². The van der Waals surface area contributed by atoms with E-state index in [0.717, 1.165) is 12.2 Å². The van der Waals surface area contributed by atoms with Crippen LogP contribution in [0.15, 0.2) is 12.1 Å². The Kier molecular flexibility index (Phi) is 5.31. The van der Waals surface area contributed by atoms with Crippen LogP contribution in [0.1, 0.15) is 51.9 Å². The number of anilines is 2. The molecule has 0 aliphatic heterocycles. The summed E-state index contributed by atoms with van der Waals surface area (Å²) in [6.07, 6.45) is 8.77. The molecule has 1 aliphatic rings. The lowest BCUT2D eigenvalue weighted by molar-refractivity contribution is 0.307. The zero-order chi connectivity index (χ0) is 13.5. The summed E-state index contributed by atoms with van der Waals surface area (Å²) in [5.41, 5.74) is 6.48. The minimum Gasteiger partial charge on any atom is -0.476 e. The smallest absolute Gasteiger partial charge is 0.239 e. The largest absolute Gasteiger partial charge is 0.476 e. The Labute approximate surface area is 115 Å². The summed E-state index contributed by atoms with van der Waals surface area (Å²) in [5, 5.41) is 3.52. The Morgan fingerprint density at radius 2 is 2.00 bits per heavy atom. The molecule has 0 atom stereocenters. The standard InChI is InChI=1S/C15H25N3O/c1-2-11-19-15-13(16)9-10-14(18-15)17-12-7-5-3-4-6-8-12/h9-10,12H,2-8,11,16H2,1H3,(H,17,18). The molecule has 1 aliphatic carbocycles. The lowest BCUT2D eigenvalue weighted by atomic mass is 10.1. The van der Waals surface area contributed by atoms with Crippen molar-refractivity contribution in [2.45, 2.75) is 57.9 Å². The summed E-state index contributed by atoms with van der Waals surface area (Å²) in [5.74, 6) is 1.44. The molecular weight excluding hydrogens is 238 g/mol. The molecule has 1 aromatic rings. The summed E-state index contributed by atoms with van der Waals surface area (Å²) in [7, 11) is 0. The highest BCUT2D eigenvalue weighted by atomic mass is 16.5. The summed E-state index contributed by atoms with van der Waals surface area (Å²) in [6, 6.07) is 4.36. The molecule has 0 aromatic carbocycles. The number of nitrogens with two attached hydrogens (primary N) is 1. The van der Waals surface area contributed by atoms with Crippen LogP contribution in [0.3, 0.4) is 0 Å². The average Bonchev–Trinajstić information content (AvgIpc) is 2.68. The molecule has 19 heavy (non-hydrogen) atoms. The van der Waals surface area contributed by atoms with Gasteiger partial charge in [0, 0.05) is 6.04 Å². The summed E-state index contributed by atoms with van der Waals surface area (Å²) in [6.45, 7) is 2.73. The van der Waals surface area contributed by atoms with Crippen molar-refractivity contribution in [2.24, 2.45) is 0 Å². The first kappa shape index (κ1) is 14.0. The van der Waals surface area contributed by atoms with Crippen LogP contribution in [-0.4, -0.2) is 17.6 Å². The van der Waals surface area contributed by atoms with Gasteiger partial charge in [0.05, 0.1) is 12.3 Å². The molecule has 0 spiro atoms. The van der Waals surface area contributed by atoms with E-state index in [-0.39, 0.29) is 0 Å². The van der Waals surface area contributed by atoms with E-state index in [2.05, 4.69) is 17.2 Å². The van der Waals surface area contributed by atoms with Crippen molar-refractivity contribution >= 4 is 11.5 Å². The van der Waals surface area contributed by atoms with E-state index >= 15 is 0 Å². The zero-order valence-electron chi connectivity index (χ0n) is 11.8. The van der Waals surface area contributed by atoms with E-state index in [0.29, 0.717) is 24.2 Å². The van der Waals surface area contributed by atoms with Gasteiger partial charge in [0.2, 0.25) is 5.88 Å². The average molecular weight is 263 g/mol. The molecule has 4 heteroatoms. The molecule has 0 amide bonds. The Hall–Kier alpha value is -1.45. The molecule has 3 N–H and O–H groups in total. The first-order chi connectivity index (χ1) is 9.29. The Morgan fingerprint density at radius 1 is 1.26 bits per heavy atom. The van der Waals surface area contributed by atoms with E-state index in [1.165, 1.54) is 38.5 Å². The molecule has 0 unspecified atom stereocenters. The first-order valence-corrected chi connectivity index (χ1v) is 7.45. The molecule has 2 rings (SSSR count). The van der Waals surface area contributed by atoms with Crippen LogP contribution in [0.2, 0.25) is 0 Å². The predicted octanol–water partition coefficient (Wildman–Crippen LogP) is 3.59. The number of aromatic nitrogens is 1. The van der Waals surface area contributed by atoms with E-state index < -0.39 is 0 Å². The normalized spacial score (nSPS) is 16.9. The van der Waals surface area contributed by atoms with E-state index in [1.807, 2.05) is 12.1 Å². The fraction of sp³-hybridized carbons (Fsp3) is 0.667. The van der Waals surface area contributed by atoms with Gasteiger partial charge in [-0.3, -0.25) is 0 Å². The van der Waals surface area contributed by atoms with Crippen molar-refractivity contribution in [3.05, 3.63) is 12.1 Å². The predicted molar refractivity (Wildman–Crippen MR) is 79.5 cm³/mol. The van der Waals surface area contributed by atoms with Crippen LogP contribution in [-0.2, 0) is 0 Å². The third-order valence-electron chi connectivity index (χ3n) is 3.54. The Bertz CT molecular complexity index is 387.